The van der Waals surface area contributed by atoms with E-state index in [2.05, 4.69) is 58.9 Å². The Kier molecular flexibility index (Phi) is 8.35. The molecule has 2 aromatic rings. The average Bonchev–Trinajstić information content (AvgIpc) is 2.62. The van der Waals surface area contributed by atoms with Crippen LogP contribution in [0.25, 0.3) is 0 Å². The van der Waals surface area contributed by atoms with E-state index in [-0.39, 0.29) is 29.4 Å². The highest BCUT2D eigenvalue weighted by Crippen LogP contribution is 2.43. The number of hydrogen-bond donors (Lipinski definition) is 2. The maximum Gasteiger partial charge on any atom is 0.191 e. The van der Waals surface area contributed by atoms with E-state index in [0.717, 1.165) is 37.7 Å². The maximum absolute atomic E-state index is 4.89. The molecule has 3 rings (SSSR count). The Hall–Kier alpha value is -1.63. The van der Waals surface area contributed by atoms with Crippen LogP contribution in [0.3, 0.4) is 0 Å². The summed E-state index contributed by atoms with van der Waals surface area (Å²) in [5.74, 6) is 0.903. The number of aliphatic imine (C=N–C) groups is 1. The van der Waals surface area contributed by atoms with E-state index in [1.807, 2.05) is 18.3 Å². The molecule has 1 saturated carbocycles. The average molecular weight is 464 g/mol. The molecule has 1 fully saturated rings. The number of guanidine groups is 1. The number of nitrogens with one attached hydrogen (secondary N) is 2. The predicted octanol–water partition coefficient (Wildman–Crippen LogP) is 3.92. The molecular formula is C21H29IN4. The van der Waals surface area contributed by atoms with Crippen LogP contribution in [-0.2, 0) is 11.8 Å². The molecule has 0 unspecified atom stereocenters. The van der Waals surface area contributed by atoms with Gasteiger partial charge in [-0.2, -0.15) is 0 Å². The Morgan fingerprint density at radius 3 is 2.46 bits per heavy atom. The molecule has 4 nitrogen and oxygen atoms in total. The van der Waals surface area contributed by atoms with Gasteiger partial charge in [-0.25, -0.2) is 0 Å². The summed E-state index contributed by atoms with van der Waals surface area (Å²) in [5.41, 5.74) is 2.75. The predicted molar refractivity (Wildman–Crippen MR) is 119 cm³/mol. The summed E-state index contributed by atoms with van der Waals surface area (Å²) in [4.78, 5) is 9.26. The molecule has 0 aliphatic heterocycles. The van der Waals surface area contributed by atoms with E-state index >= 15 is 0 Å². The van der Waals surface area contributed by atoms with Gasteiger partial charge in [-0.3, -0.25) is 9.98 Å². The first-order valence-electron chi connectivity index (χ1n) is 9.30. The molecule has 0 amide bonds. The topological polar surface area (TPSA) is 49.3 Å². The van der Waals surface area contributed by atoms with Crippen molar-refractivity contribution in [2.75, 3.05) is 19.6 Å². The summed E-state index contributed by atoms with van der Waals surface area (Å²) < 4.78 is 0. The Morgan fingerprint density at radius 1 is 1.08 bits per heavy atom. The molecule has 0 bridgehead atoms. The van der Waals surface area contributed by atoms with Crippen molar-refractivity contribution < 1.29 is 0 Å². The second-order valence-corrected chi connectivity index (χ2v) is 6.69. The van der Waals surface area contributed by atoms with Crippen molar-refractivity contribution in [2.24, 2.45) is 4.99 Å². The molecule has 26 heavy (non-hydrogen) atoms. The van der Waals surface area contributed by atoms with Crippen LogP contribution in [0.1, 0.15) is 37.4 Å². The molecular weight excluding hydrogens is 435 g/mol. The molecule has 1 aliphatic rings. The van der Waals surface area contributed by atoms with Gasteiger partial charge in [0.25, 0.3) is 0 Å². The Balaban J connectivity index is 0.00000243. The highest BCUT2D eigenvalue weighted by Gasteiger charge is 2.38. The zero-order valence-electron chi connectivity index (χ0n) is 15.4. The molecule has 0 spiro atoms. The summed E-state index contributed by atoms with van der Waals surface area (Å²) in [6.45, 7) is 4.65. The van der Waals surface area contributed by atoms with Gasteiger partial charge in [-0.1, -0.05) is 42.8 Å². The monoisotopic (exact) mass is 464 g/mol. The molecule has 5 heteroatoms. The smallest absolute Gasteiger partial charge is 0.191 e. The maximum atomic E-state index is 4.89. The third kappa shape index (κ3) is 5.43. The van der Waals surface area contributed by atoms with Gasteiger partial charge in [0.05, 0.1) is 6.54 Å². The van der Waals surface area contributed by atoms with Crippen LogP contribution >= 0.6 is 24.0 Å². The van der Waals surface area contributed by atoms with Gasteiger partial charge in [-0.15, -0.1) is 24.0 Å². The Bertz CT molecular complexity index is 669. The van der Waals surface area contributed by atoms with Crippen LogP contribution in [0.5, 0.6) is 0 Å². The third-order valence-electron chi connectivity index (χ3n) is 4.98. The fourth-order valence-electron chi connectivity index (χ4n) is 3.36. The second kappa shape index (κ2) is 10.5. The van der Waals surface area contributed by atoms with E-state index in [1.54, 1.807) is 0 Å². The molecule has 1 aromatic carbocycles. The Morgan fingerprint density at radius 2 is 1.85 bits per heavy atom. The summed E-state index contributed by atoms with van der Waals surface area (Å²) >= 11 is 0. The summed E-state index contributed by atoms with van der Waals surface area (Å²) in [7, 11) is 0. The highest BCUT2D eigenvalue weighted by atomic mass is 127. The fourth-order valence-corrected chi connectivity index (χ4v) is 3.36. The van der Waals surface area contributed by atoms with Crippen molar-refractivity contribution in [3.63, 3.8) is 0 Å². The quantitative estimate of drug-likeness (QED) is 0.371. The summed E-state index contributed by atoms with van der Waals surface area (Å²) in [6, 6.07) is 16.9. The zero-order chi connectivity index (χ0) is 17.4. The highest BCUT2D eigenvalue weighted by molar-refractivity contribution is 14.0. The lowest BCUT2D eigenvalue weighted by Gasteiger charge is -2.41. The molecule has 0 atom stereocenters. The van der Waals surface area contributed by atoms with Gasteiger partial charge in [0, 0.05) is 36.8 Å². The first-order chi connectivity index (χ1) is 12.3. The number of hydrogen-bond acceptors (Lipinski definition) is 2. The molecule has 1 aromatic heterocycles. The number of benzene rings is 1. The summed E-state index contributed by atoms with van der Waals surface area (Å²) in [6.07, 6.45) is 6.50. The van der Waals surface area contributed by atoms with Crippen molar-refractivity contribution in [2.45, 2.75) is 38.0 Å². The number of halogens is 1. The van der Waals surface area contributed by atoms with Crippen LogP contribution in [0, 0.1) is 0 Å². The van der Waals surface area contributed by atoms with E-state index in [9.17, 15) is 0 Å². The summed E-state index contributed by atoms with van der Waals surface area (Å²) in [5, 5.41) is 6.80. The van der Waals surface area contributed by atoms with Crippen LogP contribution in [0.15, 0.2) is 59.7 Å². The van der Waals surface area contributed by atoms with Crippen molar-refractivity contribution in [1.29, 1.82) is 0 Å². The number of aromatic nitrogens is 1. The van der Waals surface area contributed by atoms with Gasteiger partial charge in [0.1, 0.15) is 0 Å². The third-order valence-corrected chi connectivity index (χ3v) is 4.98. The minimum absolute atomic E-state index is 0. The lowest BCUT2D eigenvalue weighted by molar-refractivity contribution is 0.253. The Labute approximate surface area is 173 Å². The molecule has 1 heterocycles. The van der Waals surface area contributed by atoms with Crippen LogP contribution in [0.2, 0.25) is 0 Å². The van der Waals surface area contributed by atoms with E-state index in [4.69, 9.17) is 4.99 Å². The van der Waals surface area contributed by atoms with Gasteiger partial charge in [-0.05, 0) is 37.5 Å². The lowest BCUT2D eigenvalue weighted by atomic mass is 9.64. The molecule has 0 saturated heterocycles. The van der Waals surface area contributed by atoms with Gasteiger partial charge >= 0.3 is 0 Å². The number of pyridine rings is 1. The second-order valence-electron chi connectivity index (χ2n) is 6.69. The van der Waals surface area contributed by atoms with E-state index < -0.39 is 0 Å². The zero-order valence-corrected chi connectivity index (χ0v) is 17.8. The van der Waals surface area contributed by atoms with Crippen LogP contribution in [0.4, 0.5) is 0 Å². The largest absolute Gasteiger partial charge is 0.357 e. The number of rotatable bonds is 7. The fraction of sp³-hybridized carbons (Fsp3) is 0.429. The van der Waals surface area contributed by atoms with Crippen molar-refractivity contribution >= 4 is 29.9 Å². The SMILES string of the molecule is CCNC(=NCC1(c2ccccc2)CCC1)NCCc1ccccn1.I. The van der Waals surface area contributed by atoms with Gasteiger partial charge in [0.2, 0.25) is 0 Å². The number of nitrogens with zero attached hydrogens (tertiary/aromatic N) is 2. The molecule has 0 radical (unpaired) electrons. The van der Waals surface area contributed by atoms with Gasteiger partial charge < -0.3 is 10.6 Å². The van der Waals surface area contributed by atoms with Crippen LogP contribution in [-0.4, -0.2) is 30.6 Å². The minimum Gasteiger partial charge on any atom is -0.357 e. The molecule has 2 N–H and O–H groups in total. The van der Waals surface area contributed by atoms with Crippen molar-refractivity contribution in [3.05, 3.63) is 66.0 Å². The first-order valence-corrected chi connectivity index (χ1v) is 9.30. The molecule has 140 valence electrons. The standard InChI is InChI=1S/C21H28N4.HI/c1-2-22-20(24-16-12-19-11-6-7-15-23-19)25-17-21(13-8-14-21)18-9-4-3-5-10-18;/h3-7,9-11,15H,2,8,12-14,16-17H2,1H3,(H2,22,24,25);1H. The van der Waals surface area contributed by atoms with E-state index in [0.29, 0.717) is 0 Å². The molecule has 1 aliphatic carbocycles. The first kappa shape index (κ1) is 20.7. The lowest BCUT2D eigenvalue weighted by Crippen LogP contribution is -2.42. The van der Waals surface area contributed by atoms with Crippen LogP contribution < -0.4 is 10.6 Å². The normalized spacial score (nSPS) is 15.5. The van der Waals surface area contributed by atoms with E-state index in [1.165, 1.54) is 24.8 Å². The van der Waals surface area contributed by atoms with Gasteiger partial charge in [0.15, 0.2) is 5.96 Å². The van der Waals surface area contributed by atoms with Crippen molar-refractivity contribution in [1.82, 2.24) is 15.6 Å². The van der Waals surface area contributed by atoms with Crippen molar-refractivity contribution in [3.8, 4) is 0 Å². The minimum atomic E-state index is 0.